The first kappa shape index (κ1) is 13.0. The molecule has 0 unspecified atom stereocenters. The number of anilines is 1. The Balaban J connectivity index is 2.20. The molecule has 0 fully saturated rings. The number of halogens is 1. The highest BCUT2D eigenvalue weighted by molar-refractivity contribution is 6.05. The molecule has 0 radical (unpaired) electrons. The summed E-state index contributed by atoms with van der Waals surface area (Å²) in [7, 11) is 1.69. The average Bonchev–Trinajstić information content (AvgIpc) is 2.74. The molecule has 0 aliphatic carbocycles. The predicted molar refractivity (Wildman–Crippen MR) is 69.8 cm³/mol. The Hall–Kier alpha value is -2.43. The lowest BCUT2D eigenvalue weighted by atomic mass is 10.2. The van der Waals surface area contributed by atoms with Crippen LogP contribution in [0.2, 0.25) is 0 Å². The van der Waals surface area contributed by atoms with Gasteiger partial charge < -0.3 is 9.88 Å². The summed E-state index contributed by atoms with van der Waals surface area (Å²) in [6.07, 6.45) is 1.60. The third-order valence-electron chi connectivity index (χ3n) is 2.75. The molecule has 1 aromatic heterocycles. The molecular formula is C14H13FN2O2. The van der Waals surface area contributed by atoms with Crippen LogP contribution in [0.3, 0.4) is 0 Å². The van der Waals surface area contributed by atoms with Gasteiger partial charge in [-0.1, -0.05) is 0 Å². The predicted octanol–water partition coefficient (Wildman–Crippen LogP) is 2.62. The zero-order valence-corrected chi connectivity index (χ0v) is 10.6. The minimum absolute atomic E-state index is 0.101. The molecule has 0 spiro atoms. The number of hydrogen-bond donors (Lipinski definition) is 1. The third-order valence-corrected chi connectivity index (χ3v) is 2.75. The lowest BCUT2D eigenvalue weighted by Crippen LogP contribution is -2.15. The van der Waals surface area contributed by atoms with E-state index in [1.165, 1.54) is 37.3 Å². The first-order valence-corrected chi connectivity index (χ1v) is 5.71. The zero-order chi connectivity index (χ0) is 14.0. The van der Waals surface area contributed by atoms with Crippen molar-refractivity contribution in [1.82, 2.24) is 4.57 Å². The van der Waals surface area contributed by atoms with Crippen molar-refractivity contribution in [3.8, 4) is 0 Å². The maximum absolute atomic E-state index is 12.7. The van der Waals surface area contributed by atoms with Crippen molar-refractivity contribution in [2.45, 2.75) is 6.92 Å². The van der Waals surface area contributed by atoms with Gasteiger partial charge in [0.15, 0.2) is 5.78 Å². The summed E-state index contributed by atoms with van der Waals surface area (Å²) in [6.45, 7) is 1.44. The summed E-state index contributed by atoms with van der Waals surface area (Å²) in [5.74, 6) is -0.811. The van der Waals surface area contributed by atoms with E-state index in [1.54, 1.807) is 17.8 Å². The van der Waals surface area contributed by atoms with Crippen LogP contribution in [0.1, 0.15) is 27.8 Å². The molecule has 2 rings (SSSR count). The minimum Gasteiger partial charge on any atom is -0.346 e. The lowest BCUT2D eigenvalue weighted by Gasteiger charge is -2.05. The third kappa shape index (κ3) is 2.88. The number of aryl methyl sites for hydroxylation is 1. The number of ketones is 1. The Labute approximate surface area is 109 Å². The van der Waals surface area contributed by atoms with E-state index < -0.39 is 0 Å². The monoisotopic (exact) mass is 260 g/mol. The fourth-order valence-corrected chi connectivity index (χ4v) is 1.71. The van der Waals surface area contributed by atoms with Crippen LogP contribution in [0.4, 0.5) is 10.1 Å². The van der Waals surface area contributed by atoms with Crippen molar-refractivity contribution in [2.24, 2.45) is 7.05 Å². The van der Waals surface area contributed by atoms with Gasteiger partial charge in [0, 0.05) is 24.5 Å². The maximum atomic E-state index is 12.7. The van der Waals surface area contributed by atoms with E-state index in [0.29, 0.717) is 16.9 Å². The number of nitrogens with one attached hydrogen (secondary N) is 1. The van der Waals surface area contributed by atoms with Gasteiger partial charge in [-0.3, -0.25) is 9.59 Å². The van der Waals surface area contributed by atoms with Gasteiger partial charge in [0.05, 0.1) is 0 Å². The standard InChI is InChI=1S/C14H13FN2O2/c1-9(18)10-7-13(17(2)8-10)14(19)16-12-5-3-11(15)4-6-12/h3-8H,1-2H3,(H,16,19). The first-order chi connectivity index (χ1) is 8.97. The second kappa shape index (κ2) is 5.06. The molecule has 1 heterocycles. The minimum atomic E-state index is -0.365. The van der Waals surface area contributed by atoms with Crippen molar-refractivity contribution in [3.63, 3.8) is 0 Å². The van der Waals surface area contributed by atoms with Crippen LogP contribution in [-0.4, -0.2) is 16.3 Å². The van der Waals surface area contributed by atoms with E-state index in [4.69, 9.17) is 0 Å². The molecule has 1 aromatic carbocycles. The Kier molecular flexibility index (Phi) is 3.46. The van der Waals surface area contributed by atoms with Gasteiger partial charge in [-0.2, -0.15) is 0 Å². The van der Waals surface area contributed by atoms with Crippen LogP contribution in [0.25, 0.3) is 0 Å². The van der Waals surface area contributed by atoms with Crippen LogP contribution in [0.15, 0.2) is 36.5 Å². The molecule has 0 saturated carbocycles. The van der Waals surface area contributed by atoms with Crippen LogP contribution >= 0.6 is 0 Å². The quantitative estimate of drug-likeness (QED) is 0.862. The number of benzene rings is 1. The van der Waals surface area contributed by atoms with E-state index in [1.807, 2.05) is 0 Å². The summed E-state index contributed by atoms with van der Waals surface area (Å²) < 4.78 is 14.3. The van der Waals surface area contributed by atoms with Crippen LogP contribution < -0.4 is 5.32 Å². The lowest BCUT2D eigenvalue weighted by molar-refractivity contribution is 0.101. The van der Waals surface area contributed by atoms with Crippen LogP contribution in [-0.2, 0) is 7.05 Å². The highest BCUT2D eigenvalue weighted by atomic mass is 19.1. The molecular weight excluding hydrogens is 247 g/mol. The van der Waals surface area contributed by atoms with Gasteiger partial charge in [-0.05, 0) is 37.3 Å². The fourth-order valence-electron chi connectivity index (χ4n) is 1.71. The number of aromatic nitrogens is 1. The summed E-state index contributed by atoms with van der Waals surface area (Å²) in [6, 6.07) is 7.01. The Bertz CT molecular complexity index is 629. The highest BCUT2D eigenvalue weighted by Crippen LogP contribution is 2.13. The van der Waals surface area contributed by atoms with Crippen molar-refractivity contribution < 1.29 is 14.0 Å². The van der Waals surface area contributed by atoms with Gasteiger partial charge in [-0.15, -0.1) is 0 Å². The Morgan fingerprint density at radius 3 is 2.37 bits per heavy atom. The molecule has 0 atom stereocenters. The van der Waals surface area contributed by atoms with Crippen molar-refractivity contribution in [2.75, 3.05) is 5.32 Å². The Morgan fingerprint density at radius 2 is 1.84 bits per heavy atom. The zero-order valence-electron chi connectivity index (χ0n) is 10.6. The van der Waals surface area contributed by atoms with E-state index in [2.05, 4.69) is 5.32 Å². The molecule has 5 heteroatoms. The van der Waals surface area contributed by atoms with Gasteiger partial charge >= 0.3 is 0 Å². The number of amides is 1. The number of Topliss-reactive ketones (excluding diaryl/α,β-unsaturated/α-hetero) is 1. The molecule has 0 aliphatic rings. The average molecular weight is 260 g/mol. The molecule has 0 aliphatic heterocycles. The van der Waals surface area contributed by atoms with Gasteiger partial charge in [0.1, 0.15) is 11.5 Å². The van der Waals surface area contributed by atoms with Gasteiger partial charge in [0.2, 0.25) is 0 Å². The molecule has 0 saturated heterocycles. The molecule has 0 bridgehead atoms. The first-order valence-electron chi connectivity index (χ1n) is 5.71. The molecule has 4 nitrogen and oxygen atoms in total. The van der Waals surface area contributed by atoms with Crippen molar-refractivity contribution in [3.05, 3.63) is 53.6 Å². The maximum Gasteiger partial charge on any atom is 0.272 e. The van der Waals surface area contributed by atoms with Crippen molar-refractivity contribution >= 4 is 17.4 Å². The highest BCUT2D eigenvalue weighted by Gasteiger charge is 2.13. The fraction of sp³-hybridized carbons (Fsp3) is 0.143. The van der Waals surface area contributed by atoms with Gasteiger partial charge in [-0.25, -0.2) is 4.39 Å². The number of hydrogen-bond acceptors (Lipinski definition) is 2. The second-order valence-corrected chi connectivity index (χ2v) is 4.24. The normalized spacial score (nSPS) is 10.3. The van der Waals surface area contributed by atoms with Crippen LogP contribution in [0, 0.1) is 5.82 Å². The summed E-state index contributed by atoms with van der Waals surface area (Å²) in [5, 5.41) is 2.64. The van der Waals surface area contributed by atoms with Crippen molar-refractivity contribution in [1.29, 1.82) is 0 Å². The van der Waals surface area contributed by atoms with E-state index >= 15 is 0 Å². The largest absolute Gasteiger partial charge is 0.346 e. The van der Waals surface area contributed by atoms with Crippen LogP contribution in [0.5, 0.6) is 0 Å². The molecule has 2 aromatic rings. The Morgan fingerprint density at radius 1 is 1.21 bits per heavy atom. The summed E-state index contributed by atoms with van der Waals surface area (Å²) in [5.41, 5.74) is 1.35. The SMILES string of the molecule is CC(=O)c1cc(C(=O)Nc2ccc(F)cc2)n(C)c1. The summed E-state index contributed by atoms with van der Waals surface area (Å²) in [4.78, 5) is 23.3. The van der Waals surface area contributed by atoms with E-state index in [9.17, 15) is 14.0 Å². The number of rotatable bonds is 3. The molecule has 98 valence electrons. The smallest absolute Gasteiger partial charge is 0.272 e. The van der Waals surface area contributed by atoms with E-state index in [0.717, 1.165) is 0 Å². The van der Waals surface area contributed by atoms with E-state index in [-0.39, 0.29) is 17.5 Å². The number of carbonyl (C=O) groups is 2. The number of carbonyl (C=O) groups excluding carboxylic acids is 2. The summed E-state index contributed by atoms with van der Waals surface area (Å²) >= 11 is 0. The second-order valence-electron chi connectivity index (χ2n) is 4.24. The van der Waals surface area contributed by atoms with Gasteiger partial charge in [0.25, 0.3) is 5.91 Å². The number of nitrogens with zero attached hydrogens (tertiary/aromatic N) is 1. The molecule has 19 heavy (non-hydrogen) atoms. The molecule has 1 amide bonds. The molecule has 1 N–H and O–H groups in total. The topological polar surface area (TPSA) is 51.1 Å².